The van der Waals surface area contributed by atoms with Gasteiger partial charge in [0.25, 0.3) is 5.91 Å². The number of rotatable bonds is 8. The number of ether oxygens (including phenoxy) is 1. The normalized spacial score (nSPS) is 10.8. The Morgan fingerprint density at radius 3 is 2.57 bits per heavy atom. The molecule has 3 rings (SSSR count). The van der Waals surface area contributed by atoms with Crippen molar-refractivity contribution in [3.8, 4) is 0 Å². The van der Waals surface area contributed by atoms with Crippen LogP contribution in [0.1, 0.15) is 35.7 Å². The number of carbonyl (C=O) groups is 2. The van der Waals surface area contributed by atoms with E-state index in [2.05, 4.69) is 4.98 Å². The average molecular weight is 445 g/mol. The first-order valence-corrected chi connectivity index (χ1v) is 10.5. The molecular weight excluding hydrogens is 423 g/mol. The smallest absolute Gasteiger partial charge is 0.325 e. The van der Waals surface area contributed by atoms with Crippen molar-refractivity contribution in [1.29, 1.82) is 0 Å². The van der Waals surface area contributed by atoms with E-state index in [1.165, 1.54) is 11.1 Å². The van der Waals surface area contributed by atoms with E-state index in [9.17, 15) is 9.59 Å². The Kier molecular flexibility index (Phi) is 7.66. The van der Waals surface area contributed by atoms with Crippen LogP contribution in [-0.4, -0.2) is 34.9 Å². The van der Waals surface area contributed by atoms with Gasteiger partial charge in [-0.3, -0.25) is 9.59 Å². The number of hydrogen-bond acceptors (Lipinski definition) is 4. The van der Waals surface area contributed by atoms with Crippen molar-refractivity contribution in [3.63, 3.8) is 0 Å². The van der Waals surface area contributed by atoms with E-state index in [-0.39, 0.29) is 24.1 Å². The molecule has 0 atom stereocenters. The lowest BCUT2D eigenvalue weighted by Crippen LogP contribution is -2.36. The summed E-state index contributed by atoms with van der Waals surface area (Å²) in [5.74, 6) is -0.736. The number of nitrogens with zero attached hydrogens (tertiary/aromatic N) is 2. The maximum Gasteiger partial charge on any atom is 0.325 e. The van der Waals surface area contributed by atoms with Crippen molar-refractivity contribution < 1.29 is 14.3 Å². The molecule has 0 aliphatic heterocycles. The van der Waals surface area contributed by atoms with Crippen LogP contribution in [0.2, 0.25) is 10.2 Å². The van der Waals surface area contributed by atoms with Gasteiger partial charge in [0.05, 0.1) is 11.6 Å². The average Bonchev–Trinajstić information content (AvgIpc) is 2.76. The third kappa shape index (κ3) is 5.49. The fourth-order valence-corrected chi connectivity index (χ4v) is 3.45. The molecule has 0 bridgehead atoms. The summed E-state index contributed by atoms with van der Waals surface area (Å²) >= 11 is 12.4. The fraction of sp³-hybridized carbons (Fsp3) is 0.261. The predicted octanol–water partition coefficient (Wildman–Crippen LogP) is 5.53. The number of esters is 1. The highest BCUT2D eigenvalue weighted by atomic mass is 35.5. The molecular formula is C23H22Cl2N2O3. The van der Waals surface area contributed by atoms with Crippen molar-refractivity contribution in [2.24, 2.45) is 0 Å². The summed E-state index contributed by atoms with van der Waals surface area (Å²) in [6, 6.07) is 14.6. The van der Waals surface area contributed by atoms with Gasteiger partial charge in [-0.05, 0) is 24.1 Å². The van der Waals surface area contributed by atoms with Crippen LogP contribution in [0.3, 0.4) is 0 Å². The third-order valence-electron chi connectivity index (χ3n) is 4.62. The molecule has 1 heterocycles. The lowest BCUT2D eigenvalue weighted by Gasteiger charge is -2.22. The molecule has 5 nitrogen and oxygen atoms in total. The second-order valence-corrected chi connectivity index (χ2v) is 7.64. The van der Waals surface area contributed by atoms with E-state index in [0.717, 1.165) is 18.4 Å². The minimum atomic E-state index is -0.434. The molecule has 156 valence electrons. The Bertz CT molecular complexity index is 1040. The summed E-state index contributed by atoms with van der Waals surface area (Å²) < 4.78 is 5.26. The van der Waals surface area contributed by atoms with Gasteiger partial charge in [-0.1, -0.05) is 72.9 Å². The van der Waals surface area contributed by atoms with Crippen LogP contribution < -0.4 is 0 Å². The van der Waals surface area contributed by atoms with Gasteiger partial charge in [-0.15, -0.1) is 0 Å². The van der Waals surface area contributed by atoms with Crippen LogP contribution >= 0.6 is 23.2 Å². The molecule has 0 fully saturated rings. The van der Waals surface area contributed by atoms with E-state index in [4.69, 9.17) is 27.9 Å². The molecule has 0 unspecified atom stereocenters. The standard InChI is InChI=1S/C23H22Cl2N2O3/c1-2-3-11-30-21(28)15-27(14-16-7-5-4-6-8-16)23(29)17-9-10-18-19(12-17)22(25)26-13-20(18)24/h4-10,12-13H,2-3,11,14-15H2,1H3. The van der Waals surface area contributed by atoms with Gasteiger partial charge in [0.1, 0.15) is 11.7 Å². The lowest BCUT2D eigenvalue weighted by atomic mass is 10.1. The summed E-state index contributed by atoms with van der Waals surface area (Å²) in [5.41, 5.74) is 1.31. The van der Waals surface area contributed by atoms with Crippen molar-refractivity contribution in [3.05, 3.63) is 76.0 Å². The minimum absolute atomic E-state index is 0.142. The molecule has 30 heavy (non-hydrogen) atoms. The van der Waals surface area contributed by atoms with Crippen molar-refractivity contribution in [2.45, 2.75) is 26.3 Å². The summed E-state index contributed by atoms with van der Waals surface area (Å²) in [4.78, 5) is 31.1. The van der Waals surface area contributed by atoms with Crippen LogP contribution in [0.15, 0.2) is 54.7 Å². The Morgan fingerprint density at radius 2 is 1.83 bits per heavy atom. The zero-order chi connectivity index (χ0) is 21.5. The van der Waals surface area contributed by atoms with Gasteiger partial charge >= 0.3 is 5.97 Å². The second-order valence-electron chi connectivity index (χ2n) is 6.88. The number of benzene rings is 2. The van der Waals surface area contributed by atoms with E-state index in [0.29, 0.717) is 28.0 Å². The number of aromatic nitrogens is 1. The SMILES string of the molecule is CCCCOC(=O)CN(Cc1ccccc1)C(=O)c1ccc2c(Cl)cnc(Cl)c2c1. The topological polar surface area (TPSA) is 59.5 Å². The Labute approximate surface area is 185 Å². The van der Waals surface area contributed by atoms with Crippen LogP contribution in [0.25, 0.3) is 10.8 Å². The number of amides is 1. The van der Waals surface area contributed by atoms with Gasteiger partial charge in [-0.25, -0.2) is 4.98 Å². The first-order valence-electron chi connectivity index (χ1n) is 9.72. The summed E-state index contributed by atoms with van der Waals surface area (Å²) in [5, 5.41) is 2.01. The number of fused-ring (bicyclic) bond motifs is 1. The number of unbranched alkanes of at least 4 members (excludes halogenated alkanes) is 1. The molecule has 0 saturated carbocycles. The highest BCUT2D eigenvalue weighted by Gasteiger charge is 2.21. The van der Waals surface area contributed by atoms with Gasteiger partial charge in [0, 0.05) is 29.1 Å². The Balaban J connectivity index is 1.87. The van der Waals surface area contributed by atoms with Gasteiger partial charge < -0.3 is 9.64 Å². The van der Waals surface area contributed by atoms with Crippen LogP contribution in [-0.2, 0) is 16.1 Å². The summed E-state index contributed by atoms with van der Waals surface area (Å²) in [7, 11) is 0. The highest BCUT2D eigenvalue weighted by Crippen LogP contribution is 2.29. The largest absolute Gasteiger partial charge is 0.464 e. The van der Waals surface area contributed by atoms with Crippen LogP contribution in [0, 0.1) is 0 Å². The minimum Gasteiger partial charge on any atom is -0.464 e. The molecule has 0 spiro atoms. The lowest BCUT2D eigenvalue weighted by molar-refractivity contribution is -0.144. The van der Waals surface area contributed by atoms with E-state index in [1.807, 2.05) is 37.3 Å². The van der Waals surface area contributed by atoms with Crippen LogP contribution in [0.5, 0.6) is 0 Å². The first kappa shape index (κ1) is 22.1. The molecule has 0 radical (unpaired) electrons. The first-order chi connectivity index (χ1) is 14.5. The molecule has 7 heteroatoms. The summed E-state index contributed by atoms with van der Waals surface area (Å²) in [6.07, 6.45) is 3.19. The maximum absolute atomic E-state index is 13.3. The van der Waals surface area contributed by atoms with Crippen molar-refractivity contribution in [1.82, 2.24) is 9.88 Å². The van der Waals surface area contributed by atoms with E-state index in [1.54, 1.807) is 18.2 Å². The number of hydrogen-bond donors (Lipinski definition) is 0. The quantitative estimate of drug-likeness (QED) is 0.260. The molecule has 1 amide bonds. The molecule has 2 aromatic carbocycles. The van der Waals surface area contributed by atoms with Gasteiger partial charge in [0.2, 0.25) is 0 Å². The third-order valence-corrected chi connectivity index (χ3v) is 5.22. The number of carbonyl (C=O) groups excluding carboxylic acids is 2. The van der Waals surface area contributed by atoms with E-state index >= 15 is 0 Å². The second kappa shape index (κ2) is 10.4. The number of pyridine rings is 1. The zero-order valence-electron chi connectivity index (χ0n) is 16.6. The molecule has 1 aromatic heterocycles. The highest BCUT2D eigenvalue weighted by molar-refractivity contribution is 6.39. The zero-order valence-corrected chi connectivity index (χ0v) is 18.1. The molecule has 0 N–H and O–H groups in total. The Hall–Kier alpha value is -2.63. The molecule has 0 saturated heterocycles. The fourth-order valence-electron chi connectivity index (χ4n) is 3.03. The van der Waals surface area contributed by atoms with Crippen LogP contribution in [0.4, 0.5) is 0 Å². The molecule has 0 aliphatic carbocycles. The molecule has 0 aliphatic rings. The maximum atomic E-state index is 13.3. The van der Waals surface area contributed by atoms with E-state index < -0.39 is 5.97 Å². The van der Waals surface area contributed by atoms with Gasteiger partial charge in [-0.2, -0.15) is 0 Å². The molecule has 3 aromatic rings. The predicted molar refractivity (Wildman–Crippen MR) is 119 cm³/mol. The summed E-state index contributed by atoms with van der Waals surface area (Å²) in [6.45, 7) is 2.50. The number of halogens is 2. The van der Waals surface area contributed by atoms with Crippen molar-refractivity contribution in [2.75, 3.05) is 13.2 Å². The van der Waals surface area contributed by atoms with Crippen molar-refractivity contribution >= 4 is 45.9 Å². The van der Waals surface area contributed by atoms with Gasteiger partial charge in [0.15, 0.2) is 0 Å². The Morgan fingerprint density at radius 1 is 1.07 bits per heavy atom. The monoisotopic (exact) mass is 444 g/mol.